The molecule has 112 valence electrons. The predicted molar refractivity (Wildman–Crippen MR) is 69.0 cm³/mol. The second kappa shape index (κ2) is 9.89. The van der Waals surface area contributed by atoms with Crippen LogP contribution in [0.5, 0.6) is 0 Å². The van der Waals surface area contributed by atoms with Crippen molar-refractivity contribution in [3.8, 4) is 0 Å². The molecule has 0 aromatic heterocycles. The number of hydrogen-bond acceptors (Lipinski definition) is 6. The summed E-state index contributed by atoms with van der Waals surface area (Å²) in [7, 11) is 0. The zero-order valence-electron chi connectivity index (χ0n) is 12.1. The highest BCUT2D eigenvalue weighted by molar-refractivity contribution is 5.71. The van der Waals surface area contributed by atoms with E-state index < -0.39 is 17.7 Å². The largest absolute Gasteiger partial charge is 0.458 e. The zero-order valence-corrected chi connectivity index (χ0v) is 12.1. The Morgan fingerprint density at radius 1 is 1.11 bits per heavy atom. The minimum atomic E-state index is -0.496. The zero-order chi connectivity index (χ0) is 14.7. The van der Waals surface area contributed by atoms with Crippen molar-refractivity contribution in [1.82, 2.24) is 0 Å². The van der Waals surface area contributed by atoms with Gasteiger partial charge in [0.15, 0.2) is 0 Å². The molecule has 0 amide bonds. The van der Waals surface area contributed by atoms with Gasteiger partial charge in [0, 0.05) is 0 Å². The second-order valence-corrected chi connectivity index (χ2v) is 4.96. The van der Waals surface area contributed by atoms with Gasteiger partial charge in [-0.25, -0.2) is 4.79 Å². The fraction of sp³-hybridized carbons (Fsp3) is 0.846. The number of carbonyl (C=O) groups is 2. The molecule has 0 fully saturated rings. The molecule has 0 aliphatic heterocycles. The average Bonchev–Trinajstić information content (AvgIpc) is 2.29. The van der Waals surface area contributed by atoms with Gasteiger partial charge < -0.3 is 23.7 Å². The molecule has 0 saturated heterocycles. The Morgan fingerprint density at radius 3 is 2.26 bits per heavy atom. The normalized spacial score (nSPS) is 13.1. The fourth-order valence-corrected chi connectivity index (χ4v) is 1.08. The van der Waals surface area contributed by atoms with E-state index in [-0.39, 0.29) is 6.61 Å². The molecule has 0 rings (SSSR count). The van der Waals surface area contributed by atoms with E-state index in [9.17, 15) is 9.59 Å². The van der Waals surface area contributed by atoms with Crippen molar-refractivity contribution < 1.29 is 28.5 Å². The van der Waals surface area contributed by atoms with Crippen molar-refractivity contribution in [2.24, 2.45) is 0 Å². The quantitative estimate of drug-likeness (QED) is 0.336. The predicted octanol–water partition coefficient (Wildman–Crippen LogP) is 0.965. The van der Waals surface area contributed by atoms with E-state index in [4.69, 9.17) is 18.9 Å². The van der Waals surface area contributed by atoms with Crippen molar-refractivity contribution in [3.05, 3.63) is 0 Å². The Morgan fingerprint density at radius 2 is 1.68 bits per heavy atom. The highest BCUT2D eigenvalue weighted by atomic mass is 16.6. The van der Waals surface area contributed by atoms with Crippen LogP contribution < -0.4 is 0 Å². The van der Waals surface area contributed by atoms with Gasteiger partial charge in [-0.1, -0.05) is 0 Å². The molecule has 0 aromatic rings. The van der Waals surface area contributed by atoms with Crippen LogP contribution >= 0.6 is 0 Å². The molecule has 0 spiro atoms. The lowest BCUT2D eigenvalue weighted by atomic mass is 10.2. The summed E-state index contributed by atoms with van der Waals surface area (Å²) in [4.78, 5) is 21.5. The molecule has 0 N–H and O–H groups in total. The van der Waals surface area contributed by atoms with Crippen LogP contribution in [0.2, 0.25) is 0 Å². The Kier molecular flexibility index (Phi) is 9.38. The maximum atomic E-state index is 11.3. The molecule has 0 aromatic carbocycles. The van der Waals surface area contributed by atoms with Gasteiger partial charge in [-0.3, -0.25) is 0 Å². The summed E-state index contributed by atoms with van der Waals surface area (Å²) in [5, 5.41) is 0. The van der Waals surface area contributed by atoms with E-state index in [1.165, 1.54) is 0 Å². The first-order valence-electron chi connectivity index (χ1n) is 6.29. The highest BCUT2D eigenvalue weighted by Crippen LogP contribution is 2.06. The van der Waals surface area contributed by atoms with E-state index in [0.29, 0.717) is 26.4 Å². The summed E-state index contributed by atoms with van der Waals surface area (Å²) in [6, 6.07) is 0. The first-order valence-corrected chi connectivity index (χ1v) is 6.29. The number of carbonyl (C=O) groups excluding carboxylic acids is 2. The van der Waals surface area contributed by atoms with Gasteiger partial charge in [0.25, 0.3) is 0 Å². The van der Waals surface area contributed by atoms with E-state index in [1.807, 2.05) is 0 Å². The molecular weight excluding hydrogens is 252 g/mol. The smallest absolute Gasteiger partial charge is 0.332 e. The van der Waals surface area contributed by atoms with Crippen molar-refractivity contribution in [1.29, 1.82) is 0 Å². The van der Waals surface area contributed by atoms with Gasteiger partial charge >= 0.3 is 5.97 Å². The molecule has 0 saturated carbocycles. The van der Waals surface area contributed by atoms with Gasteiger partial charge in [-0.2, -0.15) is 0 Å². The van der Waals surface area contributed by atoms with Gasteiger partial charge in [-0.05, 0) is 27.7 Å². The molecule has 0 heterocycles. The number of ether oxygens (including phenoxy) is 4. The maximum absolute atomic E-state index is 11.3. The molecule has 19 heavy (non-hydrogen) atoms. The molecule has 1 atom stereocenters. The summed E-state index contributed by atoms with van der Waals surface area (Å²) >= 11 is 0. The van der Waals surface area contributed by atoms with E-state index in [2.05, 4.69) is 0 Å². The van der Waals surface area contributed by atoms with Crippen LogP contribution in [0.4, 0.5) is 0 Å². The standard InChI is InChI=1S/C13H24O6/c1-11(9-14)18-8-7-16-5-6-17-10-12(15)19-13(2,3)4/h9,11H,5-8,10H2,1-4H3/t11-/m0/s1. The third kappa shape index (κ3) is 13.3. The lowest BCUT2D eigenvalue weighted by molar-refractivity contribution is -0.160. The molecule has 0 aliphatic rings. The van der Waals surface area contributed by atoms with Gasteiger partial charge in [0.05, 0.1) is 26.4 Å². The molecular formula is C13H24O6. The average molecular weight is 276 g/mol. The third-order valence-electron chi connectivity index (χ3n) is 1.81. The lowest BCUT2D eigenvalue weighted by Gasteiger charge is -2.19. The fourth-order valence-electron chi connectivity index (χ4n) is 1.08. The maximum Gasteiger partial charge on any atom is 0.332 e. The molecule has 0 aliphatic carbocycles. The SMILES string of the molecule is C[C@@H](C=O)OCCOCCOCC(=O)OC(C)(C)C. The number of rotatable bonds is 10. The van der Waals surface area contributed by atoms with Crippen LogP contribution in [0.25, 0.3) is 0 Å². The summed E-state index contributed by atoms with van der Waals surface area (Å²) in [6.07, 6.45) is 0.316. The topological polar surface area (TPSA) is 71.1 Å². The van der Waals surface area contributed by atoms with Crippen molar-refractivity contribution >= 4 is 12.3 Å². The summed E-state index contributed by atoms with van der Waals surface area (Å²) in [5.41, 5.74) is -0.496. The van der Waals surface area contributed by atoms with Crippen LogP contribution in [0.3, 0.4) is 0 Å². The lowest BCUT2D eigenvalue weighted by Crippen LogP contribution is -2.27. The summed E-state index contributed by atoms with van der Waals surface area (Å²) < 4.78 is 20.4. The van der Waals surface area contributed by atoms with Crippen molar-refractivity contribution in [2.75, 3.05) is 33.0 Å². The summed E-state index contributed by atoms with van der Waals surface area (Å²) in [5.74, 6) is -0.393. The highest BCUT2D eigenvalue weighted by Gasteiger charge is 2.15. The molecule has 6 nitrogen and oxygen atoms in total. The van der Waals surface area contributed by atoms with Gasteiger partial charge in [-0.15, -0.1) is 0 Å². The Balaban J connectivity index is 3.32. The summed E-state index contributed by atoms with van der Waals surface area (Å²) in [6.45, 7) is 8.39. The molecule has 0 unspecified atom stereocenters. The van der Waals surface area contributed by atoms with Gasteiger partial charge in [0.1, 0.15) is 24.6 Å². The Hall–Kier alpha value is -0.980. The van der Waals surface area contributed by atoms with Gasteiger partial charge in [0.2, 0.25) is 0 Å². The van der Waals surface area contributed by atoms with E-state index in [1.54, 1.807) is 27.7 Å². The van der Waals surface area contributed by atoms with Crippen molar-refractivity contribution in [3.63, 3.8) is 0 Å². The number of aldehydes is 1. The van der Waals surface area contributed by atoms with Crippen LogP contribution in [0.15, 0.2) is 0 Å². The molecule has 0 bridgehead atoms. The van der Waals surface area contributed by atoms with Crippen LogP contribution in [0, 0.1) is 0 Å². The first kappa shape index (κ1) is 18.0. The third-order valence-corrected chi connectivity index (χ3v) is 1.81. The Bertz CT molecular complexity index is 258. The van der Waals surface area contributed by atoms with E-state index >= 15 is 0 Å². The van der Waals surface area contributed by atoms with Crippen molar-refractivity contribution in [2.45, 2.75) is 39.4 Å². The monoisotopic (exact) mass is 276 g/mol. The minimum Gasteiger partial charge on any atom is -0.458 e. The molecule has 6 heteroatoms. The van der Waals surface area contributed by atoms with Crippen LogP contribution in [0.1, 0.15) is 27.7 Å². The van der Waals surface area contributed by atoms with Crippen LogP contribution in [-0.2, 0) is 28.5 Å². The molecule has 0 radical (unpaired) electrons. The number of esters is 1. The van der Waals surface area contributed by atoms with E-state index in [0.717, 1.165) is 6.29 Å². The number of hydrogen-bond donors (Lipinski definition) is 0. The second-order valence-electron chi connectivity index (χ2n) is 4.96. The first-order chi connectivity index (χ1) is 8.85. The minimum absolute atomic E-state index is 0.0840. The van der Waals surface area contributed by atoms with Crippen LogP contribution in [-0.4, -0.2) is 57.0 Å². The Labute approximate surface area is 114 Å².